The Morgan fingerprint density at radius 3 is 2.50 bits per heavy atom. The third-order valence-electron chi connectivity index (χ3n) is 7.67. The molecule has 3 aliphatic carbocycles. The van der Waals surface area contributed by atoms with Crippen molar-refractivity contribution >= 4 is 17.5 Å². The fraction of sp³-hybridized carbons (Fsp3) is 0.444. The average molecular weight is 495 g/mol. The number of rotatable bonds is 3. The van der Waals surface area contributed by atoms with Crippen molar-refractivity contribution in [2.24, 2.45) is 23.5 Å². The van der Waals surface area contributed by atoms with E-state index in [-0.39, 0.29) is 35.6 Å². The van der Waals surface area contributed by atoms with Crippen molar-refractivity contribution in [1.29, 1.82) is 0 Å². The molecule has 0 spiro atoms. The molecule has 0 aromatic heterocycles. The molecule has 0 saturated heterocycles. The second-order valence-corrected chi connectivity index (χ2v) is 10.0. The number of aliphatic hydroxyl groups excluding tert-OH is 2. The van der Waals surface area contributed by atoms with Crippen LogP contribution in [-0.4, -0.2) is 68.5 Å². The van der Waals surface area contributed by atoms with E-state index in [0.717, 1.165) is 6.42 Å². The molecular weight excluding hydrogens is 464 g/mol. The van der Waals surface area contributed by atoms with Crippen LogP contribution in [0.5, 0.6) is 5.75 Å². The van der Waals surface area contributed by atoms with Crippen molar-refractivity contribution in [2.45, 2.75) is 44.8 Å². The van der Waals surface area contributed by atoms with Crippen molar-refractivity contribution < 1.29 is 34.8 Å². The van der Waals surface area contributed by atoms with Gasteiger partial charge in [0.05, 0.1) is 11.6 Å². The average Bonchev–Trinajstić information content (AvgIpc) is 2.80. The van der Waals surface area contributed by atoms with Crippen molar-refractivity contribution in [3.05, 3.63) is 51.5 Å². The van der Waals surface area contributed by atoms with E-state index in [1.165, 1.54) is 11.0 Å². The Kier molecular flexibility index (Phi) is 6.23. The predicted octanol–water partition coefficient (Wildman–Crippen LogP) is 1.52. The number of primary amides is 1. The molecule has 0 fully saturated rings. The largest absolute Gasteiger partial charge is 0.510 e. The van der Waals surface area contributed by atoms with Gasteiger partial charge in [0.2, 0.25) is 5.78 Å². The van der Waals surface area contributed by atoms with Crippen LogP contribution in [0.15, 0.2) is 34.8 Å². The molecule has 9 heteroatoms. The number of amides is 1. The Morgan fingerprint density at radius 1 is 1.25 bits per heavy atom. The van der Waals surface area contributed by atoms with Gasteiger partial charge >= 0.3 is 0 Å². The molecular formula is C27H30N2O7. The zero-order chi connectivity index (χ0) is 26.7. The van der Waals surface area contributed by atoms with Crippen LogP contribution < -0.4 is 5.73 Å². The maximum atomic E-state index is 13.6. The Hall–Kier alpha value is -3.61. The fourth-order valence-corrected chi connectivity index (χ4v) is 5.67. The molecule has 36 heavy (non-hydrogen) atoms. The highest BCUT2D eigenvalue weighted by Gasteiger charge is 2.63. The molecule has 1 aromatic carbocycles. The number of hydrogen-bond acceptors (Lipinski definition) is 8. The summed E-state index contributed by atoms with van der Waals surface area (Å²) in [4.78, 5) is 40.5. The van der Waals surface area contributed by atoms with Crippen molar-refractivity contribution in [2.75, 3.05) is 14.1 Å². The minimum atomic E-state index is -2.64. The Balaban J connectivity index is 1.93. The zero-order valence-corrected chi connectivity index (χ0v) is 20.6. The van der Waals surface area contributed by atoms with Crippen molar-refractivity contribution in [3.8, 4) is 17.6 Å². The van der Waals surface area contributed by atoms with E-state index in [4.69, 9.17) is 5.73 Å². The summed E-state index contributed by atoms with van der Waals surface area (Å²) in [7, 11) is 3.18. The normalized spacial score (nSPS) is 28.2. The van der Waals surface area contributed by atoms with Crippen LogP contribution in [0.4, 0.5) is 0 Å². The molecule has 0 aliphatic heterocycles. The van der Waals surface area contributed by atoms with Crippen LogP contribution in [0.25, 0.3) is 0 Å². The highest BCUT2D eigenvalue weighted by Crippen LogP contribution is 2.52. The number of carbonyl (C=O) groups excluding carboxylic acids is 3. The van der Waals surface area contributed by atoms with Crippen molar-refractivity contribution in [1.82, 2.24) is 4.90 Å². The molecule has 1 amide bonds. The van der Waals surface area contributed by atoms with Gasteiger partial charge in [-0.05, 0) is 57.0 Å². The summed E-state index contributed by atoms with van der Waals surface area (Å²) in [6, 6.07) is 1.98. The van der Waals surface area contributed by atoms with E-state index in [1.807, 2.05) is 13.8 Å². The number of likely N-dealkylation sites (N-methyl/N-ethyl adjacent to an activating group) is 1. The van der Waals surface area contributed by atoms with Gasteiger partial charge in [-0.2, -0.15) is 0 Å². The van der Waals surface area contributed by atoms with Gasteiger partial charge in [0, 0.05) is 23.0 Å². The first kappa shape index (κ1) is 25.5. The van der Waals surface area contributed by atoms with Crippen LogP contribution in [0.3, 0.4) is 0 Å². The molecule has 4 rings (SSSR count). The summed E-state index contributed by atoms with van der Waals surface area (Å²) < 4.78 is 0. The predicted molar refractivity (Wildman–Crippen MR) is 130 cm³/mol. The lowest BCUT2D eigenvalue weighted by atomic mass is 9.58. The van der Waals surface area contributed by atoms with E-state index in [9.17, 15) is 34.8 Å². The summed E-state index contributed by atoms with van der Waals surface area (Å²) in [5.74, 6) is -0.315. The molecule has 5 atom stereocenters. The quantitative estimate of drug-likeness (QED) is 0.312. The summed E-state index contributed by atoms with van der Waals surface area (Å²) in [5.41, 5.74) is 2.76. The highest BCUT2D eigenvalue weighted by molar-refractivity contribution is 6.24. The van der Waals surface area contributed by atoms with Crippen molar-refractivity contribution in [3.63, 3.8) is 0 Å². The summed E-state index contributed by atoms with van der Waals surface area (Å²) in [5, 5.41) is 44.2. The van der Waals surface area contributed by atoms with Crippen LogP contribution in [0, 0.1) is 29.6 Å². The Labute approximate surface area is 208 Å². The molecule has 1 unspecified atom stereocenters. The second-order valence-electron chi connectivity index (χ2n) is 10.0. The van der Waals surface area contributed by atoms with Crippen LogP contribution in [0.1, 0.15) is 48.2 Å². The number of nitrogens with two attached hydrogens (primary N) is 1. The second kappa shape index (κ2) is 8.80. The third-order valence-corrected chi connectivity index (χ3v) is 7.67. The number of aliphatic hydroxyl groups is 3. The van der Waals surface area contributed by atoms with Gasteiger partial charge in [-0.3, -0.25) is 19.3 Å². The summed E-state index contributed by atoms with van der Waals surface area (Å²) >= 11 is 0. The van der Waals surface area contributed by atoms with Gasteiger partial charge in [-0.25, -0.2) is 0 Å². The number of nitrogens with zero attached hydrogens (tertiary/aromatic N) is 1. The third kappa shape index (κ3) is 3.52. The Morgan fingerprint density at radius 2 is 1.92 bits per heavy atom. The zero-order valence-electron chi connectivity index (χ0n) is 20.6. The minimum Gasteiger partial charge on any atom is -0.510 e. The van der Waals surface area contributed by atoms with Gasteiger partial charge in [0.25, 0.3) is 5.91 Å². The monoisotopic (exact) mass is 494 g/mol. The number of phenolic OH excluding ortho intramolecular Hbond substituents is 1. The maximum Gasteiger partial charge on any atom is 0.255 e. The topological polar surface area (TPSA) is 161 Å². The Bertz CT molecular complexity index is 1310. The molecule has 9 nitrogen and oxygen atoms in total. The molecule has 0 bridgehead atoms. The first-order valence-electron chi connectivity index (χ1n) is 11.9. The highest BCUT2D eigenvalue weighted by atomic mass is 16.3. The number of Topliss-reactive ketones (excluding diaryl/α,β-unsaturated/α-hetero) is 2. The number of carbonyl (C=O) groups is 3. The fourth-order valence-electron chi connectivity index (χ4n) is 5.67. The standard InChI is InChI=1S/C27H30N2O7/c1-5-12(2)6-7-13-8-9-17(30)19-15(13)10-14-11-16-21(29(3)4)23(32)20(26(28)35)25(34)27(16,36)24(33)18(14)22(19)31/h8-9,12,14,16,21,30,32-33,36H,5,10-11H2,1-4H3,(H2,28,35)/t12?,14-,16-,21-,27-/m1/s1. The molecule has 0 radical (unpaired) electrons. The van der Waals surface area contributed by atoms with Gasteiger partial charge < -0.3 is 26.2 Å². The summed E-state index contributed by atoms with van der Waals surface area (Å²) in [6.45, 7) is 3.99. The number of aromatic hydroxyl groups is 1. The molecule has 3 aliphatic rings. The molecule has 0 heterocycles. The molecule has 190 valence electrons. The van der Waals surface area contributed by atoms with E-state index in [0.29, 0.717) is 11.1 Å². The number of benzene rings is 1. The van der Waals surface area contributed by atoms with E-state index < -0.39 is 58.0 Å². The number of fused-ring (bicyclic) bond motifs is 3. The summed E-state index contributed by atoms with van der Waals surface area (Å²) in [6.07, 6.45) is 1.10. The molecule has 6 N–H and O–H groups in total. The smallest absolute Gasteiger partial charge is 0.255 e. The van der Waals surface area contributed by atoms with Gasteiger partial charge in [-0.1, -0.05) is 25.7 Å². The van der Waals surface area contributed by atoms with E-state index in [1.54, 1.807) is 20.2 Å². The van der Waals surface area contributed by atoms with Gasteiger partial charge in [0.15, 0.2) is 11.4 Å². The molecule has 0 saturated carbocycles. The first-order valence-corrected chi connectivity index (χ1v) is 11.9. The van der Waals surface area contributed by atoms with E-state index in [2.05, 4.69) is 11.8 Å². The lowest BCUT2D eigenvalue weighted by Crippen LogP contribution is -2.63. The first-order chi connectivity index (χ1) is 16.9. The van der Waals surface area contributed by atoms with Crippen LogP contribution in [-0.2, 0) is 16.0 Å². The lowest BCUT2D eigenvalue weighted by molar-refractivity contribution is -0.148. The minimum absolute atomic E-state index is 0.0354. The lowest BCUT2D eigenvalue weighted by Gasteiger charge is -2.50. The van der Waals surface area contributed by atoms with Crippen LogP contribution in [0.2, 0.25) is 0 Å². The van der Waals surface area contributed by atoms with Gasteiger partial charge in [-0.15, -0.1) is 0 Å². The van der Waals surface area contributed by atoms with Gasteiger partial charge in [0.1, 0.15) is 22.8 Å². The number of hydrogen-bond donors (Lipinski definition) is 5. The number of phenols is 1. The SMILES string of the molecule is CCC(C)C#Cc1ccc(O)c2c1C[C@@H]1C[C@@H]3[C@@H](N(C)C)C(O)=C(C(N)=O)C(=O)[C@]3(O)C(O)=C1C2=O. The maximum absolute atomic E-state index is 13.6. The molecule has 1 aromatic rings. The van der Waals surface area contributed by atoms with Crippen LogP contribution >= 0.6 is 0 Å². The number of allylic oxidation sites excluding steroid dienone is 1. The number of ketones is 2. The van der Waals surface area contributed by atoms with E-state index >= 15 is 0 Å².